The monoisotopic (exact) mass is 323 g/mol. The maximum absolute atomic E-state index is 13.1. The van der Waals surface area contributed by atoms with Crippen molar-refractivity contribution in [2.45, 2.75) is 51.1 Å². The van der Waals surface area contributed by atoms with Gasteiger partial charge in [-0.25, -0.2) is 0 Å². The molecule has 0 unspecified atom stereocenters. The van der Waals surface area contributed by atoms with E-state index >= 15 is 0 Å². The largest absolute Gasteiger partial charge is 0.338 e. The molecule has 126 valence electrons. The summed E-state index contributed by atoms with van der Waals surface area (Å²) in [4.78, 5) is 15.2. The van der Waals surface area contributed by atoms with Crippen LogP contribution in [0.2, 0.25) is 0 Å². The van der Waals surface area contributed by atoms with Crippen LogP contribution < -0.4 is 0 Å². The average Bonchev–Trinajstić information content (AvgIpc) is 3.24. The number of rotatable bonds is 4. The number of carbonyl (C=O) groups excluding carboxylic acids is 1. The predicted molar refractivity (Wildman–Crippen MR) is 93.6 cm³/mol. The first kappa shape index (κ1) is 15.4. The van der Waals surface area contributed by atoms with Crippen molar-refractivity contribution >= 4 is 5.91 Å². The van der Waals surface area contributed by atoms with E-state index < -0.39 is 0 Å². The highest BCUT2D eigenvalue weighted by Gasteiger charge is 2.47. The molecule has 1 saturated heterocycles. The minimum atomic E-state index is 0.185. The second kappa shape index (κ2) is 6.42. The van der Waals surface area contributed by atoms with E-state index in [1.54, 1.807) is 0 Å². The van der Waals surface area contributed by atoms with Gasteiger partial charge in [0.1, 0.15) is 0 Å². The molecule has 2 fully saturated rings. The summed E-state index contributed by atoms with van der Waals surface area (Å²) in [6.45, 7) is 3.84. The molecule has 2 heterocycles. The normalized spacial score (nSPS) is 26.4. The molecule has 0 N–H and O–H groups in total. The summed E-state index contributed by atoms with van der Waals surface area (Å²) in [5.41, 5.74) is 2.61. The molecular formula is C20H25N3O. The summed E-state index contributed by atoms with van der Waals surface area (Å²) in [6, 6.07) is 10.9. The maximum Gasteiger partial charge on any atom is 0.226 e. The number of piperidine rings is 1. The van der Waals surface area contributed by atoms with Crippen molar-refractivity contribution in [3.05, 3.63) is 53.9 Å². The van der Waals surface area contributed by atoms with E-state index in [2.05, 4.69) is 41.2 Å². The van der Waals surface area contributed by atoms with Gasteiger partial charge in [0.05, 0.1) is 12.6 Å². The highest BCUT2D eigenvalue weighted by atomic mass is 16.2. The standard InChI is InChI=1S/C20H25N3O/c1-15-6-4-7-16(12-15)18-13-19(18)20(24)23-11-3-2-8-17(23)14-22-10-5-9-21-22/h4-7,9-10,12,17-19H,2-3,8,11,13-14H2,1H3/t17-,18-,19-/m0/s1. The van der Waals surface area contributed by atoms with Gasteiger partial charge in [0, 0.05) is 24.9 Å². The Morgan fingerprint density at radius 1 is 1.29 bits per heavy atom. The van der Waals surface area contributed by atoms with Crippen LogP contribution in [0.4, 0.5) is 0 Å². The molecule has 2 aliphatic rings. The molecule has 4 heteroatoms. The van der Waals surface area contributed by atoms with E-state index in [0.29, 0.717) is 17.9 Å². The quantitative estimate of drug-likeness (QED) is 0.865. The topological polar surface area (TPSA) is 38.1 Å². The van der Waals surface area contributed by atoms with Gasteiger partial charge in [-0.3, -0.25) is 9.48 Å². The van der Waals surface area contributed by atoms with E-state index in [-0.39, 0.29) is 5.92 Å². The van der Waals surface area contributed by atoms with Gasteiger partial charge in [-0.1, -0.05) is 29.8 Å². The minimum Gasteiger partial charge on any atom is -0.338 e. The molecule has 4 nitrogen and oxygen atoms in total. The Labute approximate surface area is 143 Å². The highest BCUT2D eigenvalue weighted by Crippen LogP contribution is 2.49. The van der Waals surface area contributed by atoms with Crippen LogP contribution in [-0.2, 0) is 11.3 Å². The first-order valence-corrected chi connectivity index (χ1v) is 9.07. The molecule has 0 radical (unpaired) electrons. The number of nitrogens with zero attached hydrogens (tertiary/aromatic N) is 3. The number of aromatic nitrogens is 2. The molecule has 0 spiro atoms. The number of benzene rings is 1. The number of likely N-dealkylation sites (tertiary alicyclic amines) is 1. The van der Waals surface area contributed by atoms with Gasteiger partial charge >= 0.3 is 0 Å². The fraction of sp³-hybridized carbons (Fsp3) is 0.500. The lowest BCUT2D eigenvalue weighted by Crippen LogP contribution is -2.46. The van der Waals surface area contributed by atoms with Crippen LogP contribution in [0.3, 0.4) is 0 Å². The van der Waals surface area contributed by atoms with Crippen LogP contribution in [-0.4, -0.2) is 33.2 Å². The summed E-state index contributed by atoms with van der Waals surface area (Å²) < 4.78 is 1.96. The van der Waals surface area contributed by atoms with E-state index in [0.717, 1.165) is 32.4 Å². The van der Waals surface area contributed by atoms with Crippen LogP contribution in [0.1, 0.15) is 42.7 Å². The average molecular weight is 323 g/mol. The van der Waals surface area contributed by atoms with Gasteiger partial charge in [0.2, 0.25) is 5.91 Å². The second-order valence-corrected chi connectivity index (χ2v) is 7.27. The summed E-state index contributed by atoms with van der Waals surface area (Å²) >= 11 is 0. The van der Waals surface area contributed by atoms with Gasteiger partial charge in [-0.05, 0) is 50.2 Å². The van der Waals surface area contributed by atoms with Crippen molar-refractivity contribution in [3.8, 4) is 0 Å². The SMILES string of the molecule is Cc1cccc([C@@H]2C[C@@H]2C(=O)N2CCCC[C@H]2Cn2cccn2)c1. The fourth-order valence-corrected chi connectivity index (χ4v) is 4.05. The molecule has 1 aliphatic carbocycles. The first-order valence-electron chi connectivity index (χ1n) is 9.07. The summed E-state index contributed by atoms with van der Waals surface area (Å²) in [5.74, 6) is 0.966. The number of carbonyl (C=O) groups is 1. The Kier molecular flexibility index (Phi) is 4.13. The van der Waals surface area contributed by atoms with Gasteiger partial charge in [-0.2, -0.15) is 5.10 Å². The number of aryl methyl sites for hydroxylation is 1. The van der Waals surface area contributed by atoms with E-state index in [4.69, 9.17) is 0 Å². The van der Waals surface area contributed by atoms with Gasteiger partial charge in [0.15, 0.2) is 0 Å². The Bertz CT molecular complexity index is 709. The van der Waals surface area contributed by atoms with E-state index in [1.165, 1.54) is 17.5 Å². The molecule has 24 heavy (non-hydrogen) atoms. The molecule has 1 amide bonds. The molecule has 1 saturated carbocycles. The third kappa shape index (κ3) is 3.10. The zero-order valence-electron chi connectivity index (χ0n) is 14.3. The van der Waals surface area contributed by atoms with Crippen molar-refractivity contribution in [2.24, 2.45) is 5.92 Å². The molecule has 3 atom stereocenters. The summed E-state index contributed by atoms with van der Waals surface area (Å²) in [5, 5.41) is 4.32. The van der Waals surface area contributed by atoms with Crippen LogP contribution in [0.5, 0.6) is 0 Å². The Morgan fingerprint density at radius 2 is 2.21 bits per heavy atom. The van der Waals surface area contributed by atoms with Gasteiger partial charge < -0.3 is 4.90 Å². The Hall–Kier alpha value is -2.10. The van der Waals surface area contributed by atoms with Crippen LogP contribution in [0, 0.1) is 12.8 Å². The zero-order chi connectivity index (χ0) is 16.5. The lowest BCUT2D eigenvalue weighted by atomic mass is 10.0. The van der Waals surface area contributed by atoms with Crippen LogP contribution >= 0.6 is 0 Å². The van der Waals surface area contributed by atoms with Gasteiger partial charge in [-0.15, -0.1) is 0 Å². The van der Waals surface area contributed by atoms with E-state index in [9.17, 15) is 4.79 Å². The van der Waals surface area contributed by atoms with E-state index in [1.807, 2.05) is 23.1 Å². The number of hydrogen-bond acceptors (Lipinski definition) is 2. The summed E-state index contributed by atoms with van der Waals surface area (Å²) in [6.07, 6.45) is 8.24. The minimum absolute atomic E-state index is 0.185. The Morgan fingerprint density at radius 3 is 3.00 bits per heavy atom. The molecule has 1 aliphatic heterocycles. The highest BCUT2D eigenvalue weighted by molar-refractivity contribution is 5.83. The molecule has 1 aromatic carbocycles. The van der Waals surface area contributed by atoms with Crippen molar-refractivity contribution in [2.75, 3.05) is 6.54 Å². The fourth-order valence-electron chi connectivity index (χ4n) is 4.05. The van der Waals surface area contributed by atoms with Crippen LogP contribution in [0.25, 0.3) is 0 Å². The number of hydrogen-bond donors (Lipinski definition) is 0. The molecule has 1 aromatic heterocycles. The van der Waals surface area contributed by atoms with Crippen molar-refractivity contribution in [1.82, 2.24) is 14.7 Å². The zero-order valence-corrected chi connectivity index (χ0v) is 14.3. The first-order chi connectivity index (χ1) is 11.7. The maximum atomic E-state index is 13.1. The lowest BCUT2D eigenvalue weighted by Gasteiger charge is -2.36. The third-order valence-corrected chi connectivity index (χ3v) is 5.45. The third-order valence-electron chi connectivity index (χ3n) is 5.45. The molecule has 2 aromatic rings. The van der Waals surface area contributed by atoms with Crippen molar-refractivity contribution in [3.63, 3.8) is 0 Å². The van der Waals surface area contributed by atoms with Crippen molar-refractivity contribution < 1.29 is 4.79 Å². The summed E-state index contributed by atoms with van der Waals surface area (Å²) in [7, 11) is 0. The lowest BCUT2D eigenvalue weighted by molar-refractivity contribution is -0.136. The van der Waals surface area contributed by atoms with Crippen molar-refractivity contribution in [1.29, 1.82) is 0 Å². The number of amides is 1. The Balaban J connectivity index is 1.45. The second-order valence-electron chi connectivity index (χ2n) is 7.27. The van der Waals surface area contributed by atoms with Gasteiger partial charge in [0.25, 0.3) is 0 Å². The van der Waals surface area contributed by atoms with Crippen LogP contribution in [0.15, 0.2) is 42.7 Å². The molecule has 4 rings (SSSR count). The smallest absolute Gasteiger partial charge is 0.226 e. The molecular weight excluding hydrogens is 298 g/mol. The molecule has 0 bridgehead atoms. The predicted octanol–water partition coefficient (Wildman–Crippen LogP) is 3.38.